The molecule has 3 aromatic rings. The van der Waals surface area contributed by atoms with Crippen LogP contribution >= 0.6 is 0 Å². The molecule has 0 fully saturated rings. The first-order chi connectivity index (χ1) is 13.5. The Balaban J connectivity index is 1.92. The van der Waals surface area contributed by atoms with Gasteiger partial charge in [0.2, 0.25) is 5.95 Å². The molecule has 0 aliphatic heterocycles. The molecule has 0 bridgehead atoms. The summed E-state index contributed by atoms with van der Waals surface area (Å²) in [5.41, 5.74) is 7.74. The number of hydrogen-bond acceptors (Lipinski definition) is 5. The molecule has 7 heteroatoms. The largest absolute Gasteiger partial charge is 0.496 e. The SMILES string of the molecule is C#Cc1cccc(Nc2ncc3cc(CC=C(F)C(N)=O)c(OC)cc3n2)c1. The first-order valence-electron chi connectivity index (χ1n) is 8.33. The van der Waals surface area contributed by atoms with Crippen LogP contribution in [-0.2, 0) is 11.2 Å². The molecule has 0 saturated carbocycles. The van der Waals surface area contributed by atoms with Crippen LogP contribution in [0.5, 0.6) is 5.75 Å². The molecular weight excluding hydrogens is 359 g/mol. The van der Waals surface area contributed by atoms with Crippen molar-refractivity contribution in [3.8, 4) is 18.1 Å². The Morgan fingerprint density at radius 1 is 1.39 bits per heavy atom. The van der Waals surface area contributed by atoms with Gasteiger partial charge in [-0.1, -0.05) is 12.0 Å². The number of allylic oxidation sites excluding steroid dienone is 1. The molecule has 0 aliphatic carbocycles. The third kappa shape index (κ3) is 4.24. The van der Waals surface area contributed by atoms with Crippen LogP contribution in [0.25, 0.3) is 10.9 Å². The van der Waals surface area contributed by atoms with Gasteiger partial charge in [0.25, 0.3) is 5.91 Å². The quantitative estimate of drug-likeness (QED) is 0.509. The highest BCUT2D eigenvalue weighted by Gasteiger charge is 2.09. The lowest BCUT2D eigenvalue weighted by Crippen LogP contribution is -2.11. The molecular formula is C21H17FN4O2. The molecule has 6 nitrogen and oxygen atoms in total. The van der Waals surface area contributed by atoms with Crippen molar-refractivity contribution in [1.82, 2.24) is 9.97 Å². The van der Waals surface area contributed by atoms with Gasteiger partial charge in [0.1, 0.15) is 5.75 Å². The second-order valence-corrected chi connectivity index (χ2v) is 5.89. The summed E-state index contributed by atoms with van der Waals surface area (Å²) in [7, 11) is 1.50. The second kappa shape index (κ2) is 8.18. The number of hydrogen-bond donors (Lipinski definition) is 2. The Bertz CT molecular complexity index is 1120. The van der Waals surface area contributed by atoms with E-state index in [9.17, 15) is 9.18 Å². The van der Waals surface area contributed by atoms with Crippen LogP contribution in [0.1, 0.15) is 11.1 Å². The van der Waals surface area contributed by atoms with Crippen molar-refractivity contribution in [2.24, 2.45) is 5.73 Å². The van der Waals surface area contributed by atoms with Gasteiger partial charge in [-0.3, -0.25) is 4.79 Å². The molecule has 0 aliphatic rings. The summed E-state index contributed by atoms with van der Waals surface area (Å²) in [6, 6.07) is 10.8. The lowest BCUT2D eigenvalue weighted by atomic mass is 10.1. The van der Waals surface area contributed by atoms with E-state index in [1.807, 2.05) is 24.3 Å². The number of nitrogens with one attached hydrogen (secondary N) is 1. The number of benzene rings is 2. The minimum absolute atomic E-state index is 0.146. The highest BCUT2D eigenvalue weighted by molar-refractivity contribution is 5.89. The summed E-state index contributed by atoms with van der Waals surface area (Å²) < 4.78 is 18.7. The first kappa shape index (κ1) is 18.9. The average Bonchev–Trinajstić information content (AvgIpc) is 2.71. The Hall–Kier alpha value is -3.92. The predicted molar refractivity (Wildman–Crippen MR) is 106 cm³/mol. The van der Waals surface area contributed by atoms with E-state index in [1.165, 1.54) is 7.11 Å². The highest BCUT2D eigenvalue weighted by Crippen LogP contribution is 2.27. The van der Waals surface area contributed by atoms with Crippen molar-refractivity contribution in [3.05, 3.63) is 65.6 Å². The molecule has 1 amide bonds. The van der Waals surface area contributed by atoms with Crippen LogP contribution in [0.15, 0.2) is 54.5 Å². The molecule has 1 heterocycles. The zero-order valence-electron chi connectivity index (χ0n) is 15.1. The number of nitrogens with zero attached hydrogens (tertiary/aromatic N) is 2. The number of halogens is 1. The number of rotatable bonds is 6. The van der Waals surface area contributed by atoms with E-state index < -0.39 is 11.7 Å². The Morgan fingerprint density at radius 2 is 2.21 bits per heavy atom. The zero-order chi connectivity index (χ0) is 20.1. The van der Waals surface area contributed by atoms with Crippen LogP contribution in [0.2, 0.25) is 0 Å². The van der Waals surface area contributed by atoms with Gasteiger partial charge < -0.3 is 15.8 Å². The fourth-order valence-corrected chi connectivity index (χ4v) is 2.63. The molecule has 0 saturated heterocycles. The fraction of sp³-hybridized carbons (Fsp3) is 0.0952. The topological polar surface area (TPSA) is 90.1 Å². The van der Waals surface area contributed by atoms with E-state index >= 15 is 0 Å². The normalized spacial score (nSPS) is 11.1. The van der Waals surface area contributed by atoms with Crippen LogP contribution in [0, 0.1) is 12.3 Å². The third-order valence-corrected chi connectivity index (χ3v) is 4.00. The summed E-state index contributed by atoms with van der Waals surface area (Å²) in [6.45, 7) is 0. The fourth-order valence-electron chi connectivity index (χ4n) is 2.63. The number of anilines is 2. The number of carbonyl (C=O) groups is 1. The van der Waals surface area contributed by atoms with Crippen molar-refractivity contribution in [1.29, 1.82) is 0 Å². The van der Waals surface area contributed by atoms with Crippen LogP contribution < -0.4 is 15.8 Å². The molecule has 3 N–H and O–H groups in total. The molecule has 140 valence electrons. The van der Waals surface area contributed by atoms with Crippen molar-refractivity contribution in [2.45, 2.75) is 6.42 Å². The summed E-state index contributed by atoms with van der Waals surface area (Å²) in [5.74, 6) is 1.39. The van der Waals surface area contributed by atoms with Gasteiger partial charge >= 0.3 is 0 Å². The number of carbonyl (C=O) groups excluding carboxylic acids is 1. The summed E-state index contributed by atoms with van der Waals surface area (Å²) in [4.78, 5) is 19.6. The zero-order valence-corrected chi connectivity index (χ0v) is 15.1. The van der Waals surface area contributed by atoms with Crippen LogP contribution in [0.3, 0.4) is 0 Å². The van der Waals surface area contributed by atoms with Gasteiger partial charge in [0.15, 0.2) is 5.83 Å². The second-order valence-electron chi connectivity index (χ2n) is 5.89. The van der Waals surface area contributed by atoms with E-state index in [0.717, 1.165) is 22.7 Å². The standard InChI is InChI=1S/C21H17FN4O2/c1-3-13-5-4-6-16(9-13)25-21-24-12-15-10-14(7-8-17(22)20(23)27)19(28-2)11-18(15)26-21/h1,4-6,8-12H,7H2,2H3,(H2,23,27)(H,24,25,26). The van der Waals surface area contributed by atoms with Gasteiger partial charge in [-0.2, -0.15) is 0 Å². The van der Waals surface area contributed by atoms with Crippen molar-refractivity contribution in [2.75, 3.05) is 12.4 Å². The van der Waals surface area contributed by atoms with Gasteiger partial charge in [-0.15, -0.1) is 6.42 Å². The van der Waals surface area contributed by atoms with E-state index in [0.29, 0.717) is 22.8 Å². The van der Waals surface area contributed by atoms with Crippen molar-refractivity contribution >= 4 is 28.4 Å². The van der Waals surface area contributed by atoms with E-state index in [1.54, 1.807) is 18.3 Å². The number of aromatic nitrogens is 2. The lowest BCUT2D eigenvalue weighted by Gasteiger charge is -2.10. The smallest absolute Gasteiger partial charge is 0.277 e. The molecule has 0 atom stereocenters. The average molecular weight is 376 g/mol. The maximum absolute atomic E-state index is 13.4. The van der Waals surface area contributed by atoms with E-state index in [-0.39, 0.29) is 6.42 Å². The Labute approximate surface area is 161 Å². The van der Waals surface area contributed by atoms with Gasteiger partial charge in [-0.05, 0) is 42.3 Å². The number of amides is 1. The highest BCUT2D eigenvalue weighted by atomic mass is 19.1. The van der Waals surface area contributed by atoms with Gasteiger partial charge in [0, 0.05) is 28.9 Å². The minimum atomic E-state index is -1.10. The number of primary amides is 1. The molecule has 28 heavy (non-hydrogen) atoms. The number of terminal acetylenes is 1. The first-order valence-corrected chi connectivity index (χ1v) is 8.33. The molecule has 0 spiro atoms. The third-order valence-electron chi connectivity index (χ3n) is 4.00. The summed E-state index contributed by atoms with van der Waals surface area (Å²) in [5, 5.41) is 3.85. The van der Waals surface area contributed by atoms with Crippen LogP contribution in [-0.4, -0.2) is 23.0 Å². The Kier molecular flexibility index (Phi) is 5.51. The maximum atomic E-state index is 13.4. The van der Waals surface area contributed by atoms with E-state index in [4.69, 9.17) is 16.9 Å². The number of methoxy groups -OCH3 is 1. The Morgan fingerprint density at radius 3 is 2.93 bits per heavy atom. The maximum Gasteiger partial charge on any atom is 0.277 e. The lowest BCUT2D eigenvalue weighted by molar-refractivity contribution is -0.115. The minimum Gasteiger partial charge on any atom is -0.496 e. The summed E-state index contributed by atoms with van der Waals surface area (Å²) >= 11 is 0. The number of fused-ring (bicyclic) bond motifs is 1. The molecule has 0 unspecified atom stereocenters. The summed E-state index contributed by atoms with van der Waals surface area (Å²) in [6.07, 6.45) is 8.32. The van der Waals surface area contributed by atoms with Crippen molar-refractivity contribution < 1.29 is 13.9 Å². The molecule has 3 rings (SSSR count). The molecule has 2 aromatic carbocycles. The molecule has 1 aromatic heterocycles. The molecule has 0 radical (unpaired) electrons. The van der Waals surface area contributed by atoms with Crippen LogP contribution in [0.4, 0.5) is 16.0 Å². The van der Waals surface area contributed by atoms with E-state index in [2.05, 4.69) is 21.2 Å². The number of ether oxygens (including phenoxy) is 1. The van der Waals surface area contributed by atoms with Gasteiger partial charge in [-0.25, -0.2) is 14.4 Å². The monoisotopic (exact) mass is 376 g/mol. The van der Waals surface area contributed by atoms with Gasteiger partial charge in [0.05, 0.1) is 12.6 Å². The number of nitrogens with two attached hydrogens (primary N) is 1. The van der Waals surface area contributed by atoms with Crippen molar-refractivity contribution in [3.63, 3.8) is 0 Å². The predicted octanol–water partition coefficient (Wildman–Crippen LogP) is 3.24.